The van der Waals surface area contributed by atoms with Gasteiger partial charge in [0.2, 0.25) is 5.91 Å². The molecule has 2 heterocycles. The van der Waals surface area contributed by atoms with Gasteiger partial charge in [0, 0.05) is 29.4 Å². The van der Waals surface area contributed by atoms with Crippen LogP contribution in [0, 0.1) is 0 Å². The van der Waals surface area contributed by atoms with Crippen LogP contribution in [0.5, 0.6) is 5.75 Å². The van der Waals surface area contributed by atoms with Crippen LogP contribution in [0.4, 0.5) is 0 Å². The molecule has 2 atom stereocenters. The molecule has 35 heavy (non-hydrogen) atoms. The summed E-state index contributed by atoms with van der Waals surface area (Å²) < 4.78 is 5.98. The van der Waals surface area contributed by atoms with E-state index in [4.69, 9.17) is 9.72 Å². The zero-order chi connectivity index (χ0) is 24.0. The number of ether oxygens (including phenoxy) is 1. The molecule has 5 rings (SSSR count). The van der Waals surface area contributed by atoms with Crippen LogP contribution in [-0.4, -0.2) is 41.5 Å². The van der Waals surface area contributed by atoms with E-state index in [9.17, 15) is 4.79 Å². The van der Waals surface area contributed by atoms with Crippen LogP contribution in [-0.2, 0) is 17.6 Å². The summed E-state index contributed by atoms with van der Waals surface area (Å²) in [5, 5.41) is 4.23. The summed E-state index contributed by atoms with van der Waals surface area (Å²) >= 11 is 1.75. The second-order valence-corrected chi connectivity index (χ2v) is 10.8. The summed E-state index contributed by atoms with van der Waals surface area (Å²) in [5.41, 5.74) is 3.35. The second-order valence-electron chi connectivity index (χ2n) is 9.73. The molecule has 1 amide bonds. The molecular weight excluding hydrogens is 454 g/mol. The molecule has 6 heteroatoms. The number of thiazole rings is 1. The first-order valence-corrected chi connectivity index (χ1v) is 13.8. The Morgan fingerprint density at radius 3 is 2.74 bits per heavy atom. The minimum atomic E-state index is 0.0270. The molecule has 0 bridgehead atoms. The molecule has 2 unspecified atom stereocenters. The number of nitrogens with zero attached hydrogens (tertiary/aromatic N) is 2. The maximum atomic E-state index is 12.5. The molecule has 1 aliphatic heterocycles. The fourth-order valence-electron chi connectivity index (χ4n) is 5.14. The molecule has 1 aromatic heterocycles. The van der Waals surface area contributed by atoms with Crippen molar-refractivity contribution in [1.29, 1.82) is 0 Å². The Labute approximate surface area is 212 Å². The number of aromatic nitrogens is 1. The van der Waals surface area contributed by atoms with Gasteiger partial charge in [-0.15, -0.1) is 11.3 Å². The monoisotopic (exact) mass is 489 g/mol. The first-order valence-electron chi connectivity index (χ1n) is 13.0. The van der Waals surface area contributed by atoms with Gasteiger partial charge in [-0.1, -0.05) is 30.3 Å². The number of hydrogen-bond donors (Lipinski definition) is 1. The Kier molecular flexibility index (Phi) is 7.79. The van der Waals surface area contributed by atoms with E-state index in [1.807, 2.05) is 30.3 Å². The number of amides is 1. The second kappa shape index (κ2) is 11.4. The van der Waals surface area contributed by atoms with Crippen molar-refractivity contribution in [2.75, 3.05) is 19.7 Å². The summed E-state index contributed by atoms with van der Waals surface area (Å²) in [6.07, 6.45) is 6.90. The topological polar surface area (TPSA) is 54.5 Å². The largest absolute Gasteiger partial charge is 0.494 e. The van der Waals surface area contributed by atoms with Crippen LogP contribution in [0.3, 0.4) is 0 Å². The summed E-state index contributed by atoms with van der Waals surface area (Å²) in [7, 11) is 0. The van der Waals surface area contributed by atoms with Gasteiger partial charge in [-0.05, 0) is 81.8 Å². The minimum absolute atomic E-state index is 0.0270. The van der Waals surface area contributed by atoms with E-state index < -0.39 is 0 Å². The van der Waals surface area contributed by atoms with E-state index in [2.05, 4.69) is 41.4 Å². The molecule has 0 radical (unpaired) electrons. The molecule has 1 aliphatic carbocycles. The number of aryl methyl sites for hydroxylation is 2. The molecule has 1 fully saturated rings. The van der Waals surface area contributed by atoms with Gasteiger partial charge >= 0.3 is 0 Å². The number of hydrogen-bond acceptors (Lipinski definition) is 5. The van der Waals surface area contributed by atoms with E-state index in [-0.39, 0.29) is 11.9 Å². The molecule has 2 aliphatic rings. The highest BCUT2D eigenvalue weighted by Crippen LogP contribution is 2.38. The van der Waals surface area contributed by atoms with Crippen molar-refractivity contribution in [1.82, 2.24) is 15.2 Å². The van der Waals surface area contributed by atoms with E-state index in [0.717, 1.165) is 66.9 Å². The molecule has 0 saturated carbocycles. The molecule has 0 spiro atoms. The highest BCUT2D eigenvalue weighted by molar-refractivity contribution is 7.15. The lowest BCUT2D eigenvalue weighted by molar-refractivity contribution is -0.121. The number of likely N-dealkylation sites (tertiary alicyclic amines) is 1. The SMILES string of the molecule is CC1CCCN1CCCOc1ccc(-c2nc3c(s2)CCC3NC(=O)CCc2ccccc2)cc1. The standard InChI is InChI=1S/C29H35N3O2S/c1-21-7-5-18-32(21)19-6-20-34-24-13-11-23(12-14-24)29-31-28-25(15-16-26(28)35-29)30-27(33)17-10-22-8-3-2-4-9-22/h2-4,8-9,11-14,21,25H,5-7,10,15-20H2,1H3,(H,30,33). The average Bonchev–Trinajstić information content (AvgIpc) is 3.59. The van der Waals surface area contributed by atoms with Crippen molar-refractivity contribution in [3.05, 3.63) is 70.7 Å². The van der Waals surface area contributed by atoms with E-state index in [1.54, 1.807) is 11.3 Å². The molecular formula is C29H35N3O2S. The lowest BCUT2D eigenvalue weighted by Gasteiger charge is -2.20. The lowest BCUT2D eigenvalue weighted by atomic mass is 10.1. The predicted octanol–water partition coefficient (Wildman–Crippen LogP) is 5.80. The number of carbonyl (C=O) groups is 1. The molecule has 2 aromatic carbocycles. The first kappa shape index (κ1) is 24.0. The van der Waals surface area contributed by atoms with Gasteiger partial charge in [0.1, 0.15) is 10.8 Å². The third kappa shape index (κ3) is 6.11. The first-order chi connectivity index (χ1) is 17.2. The van der Waals surface area contributed by atoms with Gasteiger partial charge in [-0.2, -0.15) is 0 Å². The van der Waals surface area contributed by atoms with Crippen LogP contribution in [0.1, 0.15) is 61.2 Å². The van der Waals surface area contributed by atoms with Crippen LogP contribution < -0.4 is 10.1 Å². The quantitative estimate of drug-likeness (QED) is 0.366. The van der Waals surface area contributed by atoms with Crippen molar-refractivity contribution in [3.8, 4) is 16.3 Å². The Morgan fingerprint density at radius 1 is 1.14 bits per heavy atom. The summed E-state index contributed by atoms with van der Waals surface area (Å²) in [6.45, 7) is 5.42. The highest BCUT2D eigenvalue weighted by Gasteiger charge is 2.28. The summed E-state index contributed by atoms with van der Waals surface area (Å²) in [5.74, 6) is 1.01. The van der Waals surface area contributed by atoms with Crippen LogP contribution >= 0.6 is 11.3 Å². The fourth-order valence-corrected chi connectivity index (χ4v) is 6.28. The van der Waals surface area contributed by atoms with E-state index in [1.165, 1.54) is 29.8 Å². The molecule has 3 aromatic rings. The fraction of sp³-hybridized carbons (Fsp3) is 0.448. The smallest absolute Gasteiger partial charge is 0.220 e. The van der Waals surface area contributed by atoms with E-state index in [0.29, 0.717) is 6.42 Å². The zero-order valence-electron chi connectivity index (χ0n) is 20.5. The van der Waals surface area contributed by atoms with Crippen molar-refractivity contribution in [2.45, 2.75) is 64.0 Å². The maximum Gasteiger partial charge on any atom is 0.220 e. The number of benzene rings is 2. The van der Waals surface area contributed by atoms with Crippen molar-refractivity contribution >= 4 is 17.2 Å². The predicted molar refractivity (Wildman–Crippen MR) is 142 cm³/mol. The number of rotatable bonds is 10. The van der Waals surface area contributed by atoms with Gasteiger partial charge in [-0.3, -0.25) is 4.79 Å². The molecule has 1 N–H and O–H groups in total. The number of carbonyl (C=O) groups excluding carboxylic acids is 1. The van der Waals surface area contributed by atoms with Gasteiger partial charge in [0.15, 0.2) is 0 Å². The summed E-state index contributed by atoms with van der Waals surface area (Å²) in [4.78, 5) is 21.3. The maximum absolute atomic E-state index is 12.5. The minimum Gasteiger partial charge on any atom is -0.494 e. The third-order valence-corrected chi connectivity index (χ3v) is 8.37. The Bertz CT molecular complexity index is 1110. The molecule has 1 saturated heterocycles. The Morgan fingerprint density at radius 2 is 1.97 bits per heavy atom. The van der Waals surface area contributed by atoms with Crippen LogP contribution in [0.15, 0.2) is 54.6 Å². The van der Waals surface area contributed by atoms with Crippen molar-refractivity contribution < 1.29 is 9.53 Å². The Hall–Kier alpha value is -2.70. The Balaban J connectivity index is 1.11. The number of fused-ring (bicyclic) bond motifs is 1. The van der Waals surface area contributed by atoms with Gasteiger partial charge in [0.25, 0.3) is 0 Å². The van der Waals surface area contributed by atoms with Gasteiger partial charge in [0.05, 0.1) is 18.3 Å². The van der Waals surface area contributed by atoms with Crippen molar-refractivity contribution in [2.24, 2.45) is 0 Å². The third-order valence-electron chi connectivity index (χ3n) is 7.19. The van der Waals surface area contributed by atoms with Crippen LogP contribution in [0.25, 0.3) is 10.6 Å². The lowest BCUT2D eigenvalue weighted by Crippen LogP contribution is -2.28. The molecule has 5 nitrogen and oxygen atoms in total. The summed E-state index contributed by atoms with van der Waals surface area (Å²) in [6, 6.07) is 19.2. The van der Waals surface area contributed by atoms with Gasteiger partial charge < -0.3 is 15.0 Å². The zero-order valence-corrected chi connectivity index (χ0v) is 21.4. The molecule has 184 valence electrons. The van der Waals surface area contributed by atoms with E-state index >= 15 is 0 Å². The highest BCUT2D eigenvalue weighted by atomic mass is 32.1. The normalized spacial score (nSPS) is 19.6. The average molecular weight is 490 g/mol. The number of nitrogens with one attached hydrogen (secondary N) is 1. The van der Waals surface area contributed by atoms with Crippen molar-refractivity contribution in [3.63, 3.8) is 0 Å². The van der Waals surface area contributed by atoms with Gasteiger partial charge in [-0.25, -0.2) is 4.98 Å². The van der Waals surface area contributed by atoms with Crippen LogP contribution in [0.2, 0.25) is 0 Å².